The molecule has 0 radical (unpaired) electrons. The molecule has 0 N–H and O–H groups in total. The van der Waals surface area contributed by atoms with Crippen LogP contribution in [0.15, 0.2) is 162 Å². The average molecular weight is 669 g/mol. The third kappa shape index (κ3) is 4.78. The number of pyridine rings is 1. The maximum absolute atomic E-state index is 6.54. The summed E-state index contributed by atoms with van der Waals surface area (Å²) in [6, 6.07) is 54.2. The molecule has 0 saturated heterocycles. The van der Waals surface area contributed by atoms with Crippen LogP contribution in [0.4, 0.5) is 0 Å². The molecule has 0 fully saturated rings. The number of aromatic nitrogens is 4. The van der Waals surface area contributed by atoms with Crippen LogP contribution in [0.1, 0.15) is 25.0 Å². The number of fused-ring (bicyclic) bond motifs is 7. The first-order valence-corrected chi connectivity index (χ1v) is 17.6. The molecule has 0 saturated carbocycles. The number of rotatable bonds is 5. The second-order valence-electron chi connectivity index (χ2n) is 13.8. The molecule has 52 heavy (non-hydrogen) atoms. The molecule has 0 atom stereocenters. The van der Waals surface area contributed by atoms with Crippen LogP contribution in [-0.2, 0) is 5.41 Å². The zero-order valence-electron chi connectivity index (χ0n) is 28.7. The van der Waals surface area contributed by atoms with Gasteiger partial charge in [0.1, 0.15) is 11.1 Å². The van der Waals surface area contributed by atoms with Gasteiger partial charge in [0.2, 0.25) is 0 Å². The Balaban J connectivity index is 1.04. The van der Waals surface area contributed by atoms with Gasteiger partial charge in [-0.25, -0.2) is 19.9 Å². The number of benzene rings is 6. The second kappa shape index (κ2) is 11.7. The van der Waals surface area contributed by atoms with Crippen molar-refractivity contribution in [3.05, 3.63) is 169 Å². The van der Waals surface area contributed by atoms with Crippen LogP contribution in [0.3, 0.4) is 0 Å². The van der Waals surface area contributed by atoms with E-state index >= 15 is 0 Å². The van der Waals surface area contributed by atoms with Crippen molar-refractivity contribution >= 4 is 22.1 Å². The van der Waals surface area contributed by atoms with Crippen LogP contribution in [0.25, 0.3) is 89.7 Å². The number of para-hydroxylation sites is 1. The number of hydrogen-bond donors (Lipinski definition) is 0. The molecule has 9 aromatic rings. The summed E-state index contributed by atoms with van der Waals surface area (Å²) in [7, 11) is 0. The van der Waals surface area contributed by atoms with Gasteiger partial charge in [-0.2, -0.15) is 0 Å². The topological polar surface area (TPSA) is 64.7 Å². The normalized spacial score (nSPS) is 13.0. The molecule has 6 aromatic carbocycles. The Bertz CT molecular complexity index is 2730. The van der Waals surface area contributed by atoms with Gasteiger partial charge in [0.15, 0.2) is 23.1 Å². The van der Waals surface area contributed by atoms with Gasteiger partial charge >= 0.3 is 0 Å². The van der Waals surface area contributed by atoms with Gasteiger partial charge in [0, 0.05) is 44.2 Å². The van der Waals surface area contributed by atoms with Crippen LogP contribution >= 0.6 is 0 Å². The molecule has 3 aromatic heterocycles. The van der Waals surface area contributed by atoms with Crippen LogP contribution < -0.4 is 0 Å². The van der Waals surface area contributed by atoms with Gasteiger partial charge in [-0.3, -0.25) is 0 Å². The minimum absolute atomic E-state index is 0.244. The molecular weight excluding hydrogens is 637 g/mol. The van der Waals surface area contributed by atoms with E-state index < -0.39 is 0 Å². The Kier molecular flexibility index (Phi) is 6.77. The monoisotopic (exact) mass is 668 g/mol. The molecule has 1 aliphatic carbocycles. The third-order valence-electron chi connectivity index (χ3n) is 10.3. The highest BCUT2D eigenvalue weighted by molar-refractivity contribution is 6.11. The first-order valence-electron chi connectivity index (χ1n) is 17.6. The van der Waals surface area contributed by atoms with Gasteiger partial charge in [-0.1, -0.05) is 159 Å². The Hall–Kier alpha value is -6.72. The zero-order chi connectivity index (χ0) is 34.8. The summed E-state index contributed by atoms with van der Waals surface area (Å²) in [6.45, 7) is 4.59. The van der Waals surface area contributed by atoms with Gasteiger partial charge in [-0.15, -0.1) is 0 Å². The fourth-order valence-corrected chi connectivity index (χ4v) is 7.74. The fraction of sp³-hybridized carbons (Fsp3) is 0.0638. The Morgan fingerprint density at radius 3 is 1.54 bits per heavy atom. The summed E-state index contributed by atoms with van der Waals surface area (Å²) in [6.07, 6.45) is 0. The smallest absolute Gasteiger partial charge is 0.164 e. The molecule has 0 bridgehead atoms. The highest BCUT2D eigenvalue weighted by Crippen LogP contribution is 2.55. The number of hydrogen-bond acceptors (Lipinski definition) is 5. The molecular formula is C47H32N4O. The van der Waals surface area contributed by atoms with Gasteiger partial charge in [0.25, 0.3) is 0 Å². The summed E-state index contributed by atoms with van der Waals surface area (Å²) in [5.74, 6) is 1.94. The van der Waals surface area contributed by atoms with Crippen LogP contribution in [0.5, 0.6) is 0 Å². The van der Waals surface area contributed by atoms with Gasteiger partial charge in [0.05, 0.1) is 5.69 Å². The van der Waals surface area contributed by atoms with E-state index in [2.05, 4.69) is 98.8 Å². The van der Waals surface area contributed by atoms with Crippen molar-refractivity contribution in [3.63, 3.8) is 0 Å². The minimum Gasteiger partial charge on any atom is -0.454 e. The van der Waals surface area contributed by atoms with E-state index in [4.69, 9.17) is 24.4 Å². The predicted octanol–water partition coefficient (Wildman–Crippen LogP) is 11.8. The molecule has 0 aliphatic heterocycles. The minimum atomic E-state index is -0.244. The predicted molar refractivity (Wildman–Crippen MR) is 210 cm³/mol. The molecule has 0 unspecified atom stereocenters. The maximum Gasteiger partial charge on any atom is 0.164 e. The Labute approximate surface area is 301 Å². The lowest BCUT2D eigenvalue weighted by Crippen LogP contribution is -2.17. The van der Waals surface area contributed by atoms with Crippen molar-refractivity contribution in [1.29, 1.82) is 0 Å². The zero-order valence-corrected chi connectivity index (χ0v) is 28.7. The second-order valence-corrected chi connectivity index (χ2v) is 13.8. The van der Waals surface area contributed by atoms with Crippen LogP contribution in [0, 0.1) is 0 Å². The SMILES string of the molecule is CC1(C)c2ccccc2-c2c1c(-c1ccc(-c3ccc(-c4nc(-c5ccccc5)nc(-c5ccccc5)n4)cc3)cc1)nc1c2oc2ccccc21. The van der Waals surface area contributed by atoms with E-state index in [-0.39, 0.29) is 5.41 Å². The summed E-state index contributed by atoms with van der Waals surface area (Å²) >= 11 is 0. The molecule has 5 heteroatoms. The standard InChI is InChI=1S/C47H32N4O/c1-47(2)37-19-11-9-17-35(37)39-40(47)41(48-42-36-18-10-12-20-38(36)52-43(39)42)31-25-21-29(22-26-31)30-23-27-34(28-24-30)46-50-44(32-13-5-3-6-14-32)49-45(51-46)33-15-7-4-8-16-33/h3-28H,1-2H3. The molecule has 246 valence electrons. The lowest BCUT2D eigenvalue weighted by Gasteiger charge is -2.24. The van der Waals surface area contributed by atoms with Gasteiger partial charge in [-0.05, 0) is 34.4 Å². The highest BCUT2D eigenvalue weighted by atomic mass is 16.3. The molecule has 1 aliphatic rings. The van der Waals surface area contributed by atoms with E-state index in [1.165, 1.54) is 16.7 Å². The van der Waals surface area contributed by atoms with Crippen molar-refractivity contribution in [2.24, 2.45) is 0 Å². The average Bonchev–Trinajstić information content (AvgIpc) is 3.70. The highest BCUT2D eigenvalue weighted by Gasteiger charge is 2.40. The van der Waals surface area contributed by atoms with Crippen molar-refractivity contribution in [3.8, 4) is 67.7 Å². The first-order chi connectivity index (χ1) is 25.5. The van der Waals surface area contributed by atoms with Crippen molar-refractivity contribution in [1.82, 2.24) is 19.9 Å². The molecule has 5 nitrogen and oxygen atoms in total. The van der Waals surface area contributed by atoms with Crippen molar-refractivity contribution < 1.29 is 4.42 Å². The third-order valence-corrected chi connectivity index (χ3v) is 10.3. The van der Waals surface area contributed by atoms with E-state index in [9.17, 15) is 0 Å². The summed E-state index contributed by atoms with van der Waals surface area (Å²) in [5, 5.41) is 1.03. The Morgan fingerprint density at radius 1 is 0.442 bits per heavy atom. The van der Waals surface area contributed by atoms with Crippen molar-refractivity contribution in [2.75, 3.05) is 0 Å². The van der Waals surface area contributed by atoms with Crippen molar-refractivity contribution in [2.45, 2.75) is 19.3 Å². The van der Waals surface area contributed by atoms with E-state index in [0.29, 0.717) is 17.5 Å². The quantitative estimate of drug-likeness (QED) is 0.183. The van der Waals surface area contributed by atoms with Gasteiger partial charge < -0.3 is 4.42 Å². The summed E-state index contributed by atoms with van der Waals surface area (Å²) < 4.78 is 6.54. The molecule has 10 rings (SSSR count). The molecule has 3 heterocycles. The fourth-order valence-electron chi connectivity index (χ4n) is 7.74. The molecule has 0 spiro atoms. The Morgan fingerprint density at radius 2 is 0.923 bits per heavy atom. The summed E-state index contributed by atoms with van der Waals surface area (Å²) in [5.41, 5.74) is 14.4. The summed E-state index contributed by atoms with van der Waals surface area (Å²) in [4.78, 5) is 20.0. The number of furan rings is 1. The lowest BCUT2D eigenvalue weighted by atomic mass is 9.80. The largest absolute Gasteiger partial charge is 0.454 e. The maximum atomic E-state index is 6.54. The lowest BCUT2D eigenvalue weighted by molar-refractivity contribution is 0.651. The molecule has 0 amide bonds. The number of nitrogens with zero attached hydrogens (tertiary/aromatic N) is 4. The van der Waals surface area contributed by atoms with E-state index in [1.54, 1.807) is 0 Å². The van der Waals surface area contributed by atoms with Crippen LogP contribution in [0.2, 0.25) is 0 Å². The van der Waals surface area contributed by atoms with E-state index in [0.717, 1.165) is 66.7 Å². The van der Waals surface area contributed by atoms with E-state index in [1.807, 2.05) is 72.8 Å². The first kappa shape index (κ1) is 30.1. The van der Waals surface area contributed by atoms with Crippen LogP contribution in [-0.4, -0.2) is 19.9 Å².